The molecule has 0 spiro atoms. The van der Waals surface area contributed by atoms with Crippen LogP contribution in [0, 0.1) is 6.92 Å². The smallest absolute Gasteiger partial charge is 0.328 e. The van der Waals surface area contributed by atoms with Crippen LogP contribution in [-0.4, -0.2) is 71.7 Å². The lowest BCUT2D eigenvalue weighted by molar-refractivity contribution is -0.132. The fourth-order valence-corrected chi connectivity index (χ4v) is 18.6. The Balaban J connectivity index is 0.000000142. The van der Waals surface area contributed by atoms with Crippen LogP contribution in [0.3, 0.4) is 0 Å². The van der Waals surface area contributed by atoms with Crippen LogP contribution in [0.5, 0.6) is 23.0 Å². The predicted octanol–water partition coefficient (Wildman–Crippen LogP) is 28.9. The Bertz CT molecular complexity index is 6740. The molecule has 1 heterocycles. The minimum atomic E-state index is -0.970. The van der Waals surface area contributed by atoms with Gasteiger partial charge in [-0.1, -0.05) is 311 Å². The third-order valence-electron chi connectivity index (χ3n) is 23.9. The van der Waals surface area contributed by atoms with E-state index in [1.807, 2.05) is 146 Å². The standard InChI is InChI=1S/C30H25ClO4.C29H25ClO3.C29H25ClO2.C29H26O3/c1-2-23(22-12-13-26-27(18-22)35-16-15-34-26)29(20-10-7-19(8-11-20)9-14-28(32)33)25-17-21-5-3-4-6-24(21)30(25)31;1-3-24(20-13-15-23(33-2)16-14-20)28(21-11-8-19(9-12-21)10-17-27(31)32)26-18-22-6-4-5-7-25(22)29(26)30;1-3-25(26-14-8-19(2)16-27(26)30)29(24-17-22-6-4-5-7-23(22)18-24)21-12-9-20(10-13-21)11-15-28(31)32;1-3-27(21-13-15-26(32-2)16-14-21)29(25-18-23-6-4-5-7-24(23)19-25)22-11-8-20(9-12-22)10-17-28(30)31/h3-14,18H,2,15-17H2,1H3,(H,32,33);4-17H,3,18H2,1-2H3,(H,31,32);4-17H,3,18H2,1-2H3,(H,31,32);4-18H,3,19H2,1-2H3,(H,30,31)/b14-9+,29-23+;17-10+,28-24+;15-11+,29-25+;17-10+,29-27+. The Labute approximate surface area is 786 Å². The third kappa shape index (κ3) is 22.6. The van der Waals surface area contributed by atoms with Crippen molar-refractivity contribution in [1.82, 2.24) is 0 Å². The summed E-state index contributed by atoms with van der Waals surface area (Å²) in [6.07, 6.45) is 22.2. The Morgan fingerprint density at radius 3 is 1.02 bits per heavy atom. The van der Waals surface area contributed by atoms with Gasteiger partial charge in [-0.2, -0.15) is 0 Å². The van der Waals surface area contributed by atoms with Gasteiger partial charge in [0.25, 0.3) is 0 Å². The summed E-state index contributed by atoms with van der Waals surface area (Å²) in [6, 6.07) is 94.2. The van der Waals surface area contributed by atoms with Crippen molar-refractivity contribution in [2.75, 3.05) is 27.4 Å². The van der Waals surface area contributed by atoms with Crippen molar-refractivity contribution in [3.05, 3.63) is 448 Å². The molecular weight excluding hydrogens is 1700 g/mol. The first-order valence-electron chi connectivity index (χ1n) is 44.1. The largest absolute Gasteiger partial charge is 0.497 e. The molecule has 4 N–H and O–H groups in total. The van der Waals surface area contributed by atoms with Crippen LogP contribution in [-0.2, 0) is 44.9 Å². The zero-order valence-corrected chi connectivity index (χ0v) is 76.9. The summed E-state index contributed by atoms with van der Waals surface area (Å²) in [4.78, 5) is 43.5. The van der Waals surface area contributed by atoms with Crippen molar-refractivity contribution in [3.63, 3.8) is 0 Å². The van der Waals surface area contributed by atoms with E-state index in [4.69, 9.17) is 74.2 Å². The number of aryl methyl sites for hydroxylation is 1. The van der Waals surface area contributed by atoms with Gasteiger partial charge in [0.2, 0.25) is 0 Å². The van der Waals surface area contributed by atoms with Crippen LogP contribution in [0.2, 0.25) is 5.02 Å². The van der Waals surface area contributed by atoms with Crippen LogP contribution in [0.15, 0.2) is 326 Å². The maximum absolute atomic E-state index is 10.9. The molecule has 0 bridgehead atoms. The van der Waals surface area contributed by atoms with Gasteiger partial charge in [-0.15, -0.1) is 0 Å². The summed E-state index contributed by atoms with van der Waals surface area (Å²) < 4.78 is 22.3. The first kappa shape index (κ1) is 93.6. The van der Waals surface area contributed by atoms with E-state index < -0.39 is 23.9 Å². The van der Waals surface area contributed by atoms with Crippen LogP contribution in [0.1, 0.15) is 170 Å². The van der Waals surface area contributed by atoms with Gasteiger partial charge in [0.05, 0.1) is 24.3 Å². The highest BCUT2D eigenvalue weighted by Crippen LogP contribution is 2.50. The maximum Gasteiger partial charge on any atom is 0.328 e. The highest BCUT2D eigenvalue weighted by atomic mass is 35.5. The van der Waals surface area contributed by atoms with Gasteiger partial charge in [0.1, 0.15) is 24.7 Å². The van der Waals surface area contributed by atoms with Gasteiger partial charge >= 0.3 is 23.9 Å². The third-order valence-corrected chi connectivity index (χ3v) is 25.0. The van der Waals surface area contributed by atoms with Gasteiger partial charge in [-0.3, -0.25) is 0 Å². The molecule has 5 aliphatic rings. The highest BCUT2D eigenvalue weighted by Gasteiger charge is 2.30. The molecule has 0 aromatic heterocycles. The van der Waals surface area contributed by atoms with Gasteiger partial charge in [0, 0.05) is 42.2 Å². The van der Waals surface area contributed by atoms with E-state index in [1.165, 1.54) is 78.0 Å². The number of carboxylic acid groups (broad SMARTS) is 4. The second kappa shape index (κ2) is 44.2. The number of hydrogen-bond donors (Lipinski definition) is 4. The molecule has 0 amide bonds. The summed E-state index contributed by atoms with van der Waals surface area (Å²) in [6.45, 7) is 11.8. The molecule has 17 rings (SSSR count). The van der Waals surface area contributed by atoms with Crippen LogP contribution < -0.4 is 18.9 Å². The number of rotatable bonds is 26. The molecule has 662 valence electrons. The molecule has 0 saturated carbocycles. The Morgan fingerprint density at radius 1 is 0.341 bits per heavy atom. The lowest BCUT2D eigenvalue weighted by Crippen LogP contribution is -2.15. The SMILES string of the molecule is CC/C(=C(\C1=C(Cl)c2ccccc2C1)c1ccc(/C=C/C(=O)O)cc1)c1ccc(OC)cc1.CC/C(=C(\C1=C(Cl)c2ccccc2C1)c1ccc(/C=C/C(=O)O)cc1)c1ccc2c(c1)OCCO2.CC/C(=C(\C1=Cc2ccccc2C1)c1ccc(/C=C/C(=O)O)cc1)c1ccc(C)cc1Cl.CC/C(=C(\C1=Cc2ccccc2C1)c1ccc(/C=C/C(=O)O)cc1)c1ccc(OC)cc1. The molecule has 0 unspecified atom stereocenters. The first-order valence-corrected chi connectivity index (χ1v) is 45.2. The quantitative estimate of drug-likeness (QED) is 0.0297. The summed E-state index contributed by atoms with van der Waals surface area (Å²) in [7, 11) is 3.34. The second-order valence-electron chi connectivity index (χ2n) is 32.1. The zero-order chi connectivity index (χ0) is 92.9. The number of halogens is 3. The molecule has 0 fully saturated rings. The van der Waals surface area contributed by atoms with Crippen molar-refractivity contribution in [3.8, 4) is 23.0 Å². The Hall–Kier alpha value is -14.5. The average Bonchev–Trinajstić information content (AvgIpc) is 1.59. The predicted molar refractivity (Wildman–Crippen MR) is 543 cm³/mol. The summed E-state index contributed by atoms with van der Waals surface area (Å²) in [5.74, 6) is -0.666. The van der Waals surface area contributed by atoms with Crippen molar-refractivity contribution in [1.29, 1.82) is 0 Å². The fraction of sp³-hybridized carbons (Fsp3) is 0.145. The molecule has 1 aliphatic heterocycles. The van der Waals surface area contributed by atoms with Crippen molar-refractivity contribution < 1.29 is 58.6 Å². The molecular formula is C117H101Cl3O12. The van der Waals surface area contributed by atoms with Gasteiger partial charge < -0.3 is 39.4 Å². The topological polar surface area (TPSA) is 186 Å². The highest BCUT2D eigenvalue weighted by molar-refractivity contribution is 6.52. The zero-order valence-electron chi connectivity index (χ0n) is 74.6. The van der Waals surface area contributed by atoms with E-state index in [0.29, 0.717) is 13.2 Å². The van der Waals surface area contributed by atoms with Gasteiger partial charge in [-0.05, 0) is 296 Å². The van der Waals surface area contributed by atoms with Crippen LogP contribution >= 0.6 is 34.8 Å². The number of hydrogen-bond acceptors (Lipinski definition) is 8. The molecule has 132 heavy (non-hydrogen) atoms. The van der Waals surface area contributed by atoms with Gasteiger partial charge in [0.15, 0.2) is 11.5 Å². The van der Waals surface area contributed by atoms with Crippen molar-refractivity contribution in [2.24, 2.45) is 0 Å². The number of allylic oxidation sites excluding steroid dienone is 12. The monoisotopic (exact) mass is 1800 g/mol. The van der Waals surface area contributed by atoms with Gasteiger partial charge in [-0.25, -0.2) is 19.2 Å². The first-order chi connectivity index (χ1) is 64.1. The molecule has 12 aromatic rings. The number of carboxylic acids is 4. The van der Waals surface area contributed by atoms with Crippen LogP contribution in [0.25, 0.3) is 91.1 Å². The van der Waals surface area contributed by atoms with Crippen molar-refractivity contribution in [2.45, 2.75) is 86.0 Å². The summed E-state index contributed by atoms with van der Waals surface area (Å²) in [5, 5.41) is 38.0. The molecule has 0 atom stereocenters. The number of ether oxygens (including phenoxy) is 4. The minimum Gasteiger partial charge on any atom is -0.497 e. The number of methoxy groups -OCH3 is 2. The lowest BCUT2D eigenvalue weighted by Gasteiger charge is -2.21. The second-order valence-corrected chi connectivity index (χ2v) is 33.3. The molecule has 0 saturated heterocycles. The number of aliphatic carboxylic acids is 4. The van der Waals surface area contributed by atoms with E-state index in [-0.39, 0.29) is 0 Å². The molecule has 12 aromatic carbocycles. The van der Waals surface area contributed by atoms with E-state index in [0.717, 1.165) is 220 Å². The molecule has 15 heteroatoms. The molecule has 4 aliphatic carbocycles. The lowest BCUT2D eigenvalue weighted by atomic mass is 9.86. The van der Waals surface area contributed by atoms with E-state index in [2.05, 4.69) is 179 Å². The van der Waals surface area contributed by atoms with E-state index in [9.17, 15) is 19.2 Å². The fourth-order valence-electron chi connectivity index (χ4n) is 17.6. The van der Waals surface area contributed by atoms with E-state index in [1.54, 1.807) is 38.5 Å². The Kier molecular flexibility index (Phi) is 31.3. The Morgan fingerprint density at radius 2 is 0.667 bits per heavy atom. The van der Waals surface area contributed by atoms with Crippen molar-refractivity contribution >= 4 is 150 Å². The minimum absolute atomic E-state index is 0.534. The molecule has 12 nitrogen and oxygen atoms in total. The number of fused-ring (bicyclic) bond motifs is 5. The normalized spacial score (nSPS) is 14.1. The summed E-state index contributed by atoms with van der Waals surface area (Å²) in [5.41, 5.74) is 37.3. The number of carbonyl (C=O) groups is 4. The summed E-state index contributed by atoms with van der Waals surface area (Å²) >= 11 is 20.7. The average molecular weight is 1810 g/mol. The van der Waals surface area contributed by atoms with E-state index >= 15 is 0 Å². The molecule has 0 radical (unpaired) electrons. The van der Waals surface area contributed by atoms with Crippen LogP contribution in [0.4, 0.5) is 0 Å². The number of benzene rings is 12. The maximum atomic E-state index is 10.9.